The van der Waals surface area contributed by atoms with Crippen LogP contribution in [0.25, 0.3) is 10.9 Å². The van der Waals surface area contributed by atoms with Crippen LogP contribution in [0.5, 0.6) is 5.75 Å². The van der Waals surface area contributed by atoms with Crippen LogP contribution in [-0.4, -0.2) is 36.7 Å². The number of methoxy groups -OCH3 is 2. The van der Waals surface area contributed by atoms with E-state index in [1.54, 1.807) is 7.11 Å². The fraction of sp³-hybridized carbons (Fsp3) is 0.400. The lowest BCUT2D eigenvalue weighted by atomic mass is 10.1. The zero-order valence-electron chi connectivity index (χ0n) is 18.9. The van der Waals surface area contributed by atoms with Crippen LogP contribution in [0.1, 0.15) is 44.1 Å². The molecule has 0 fully saturated rings. The quantitative estimate of drug-likeness (QED) is 0.282. The molecule has 1 aromatic heterocycles. The van der Waals surface area contributed by atoms with Crippen molar-refractivity contribution in [2.24, 2.45) is 0 Å². The monoisotopic (exact) mass is 436 g/mol. The van der Waals surface area contributed by atoms with Crippen LogP contribution >= 0.6 is 0 Å². The van der Waals surface area contributed by atoms with E-state index in [2.05, 4.69) is 20.4 Å². The lowest BCUT2D eigenvalue weighted by Gasteiger charge is -2.12. The van der Waals surface area contributed by atoms with Gasteiger partial charge in [-0.05, 0) is 42.7 Å². The summed E-state index contributed by atoms with van der Waals surface area (Å²) in [5.41, 5.74) is 2.06. The molecule has 0 bridgehead atoms. The zero-order valence-corrected chi connectivity index (χ0v) is 18.9. The molecule has 2 N–H and O–H groups in total. The predicted octanol–water partition coefficient (Wildman–Crippen LogP) is 5.18. The second-order valence-electron chi connectivity index (χ2n) is 7.64. The van der Waals surface area contributed by atoms with E-state index in [0.29, 0.717) is 18.9 Å². The molecule has 7 nitrogen and oxygen atoms in total. The molecule has 0 radical (unpaired) electrons. The van der Waals surface area contributed by atoms with Crippen LogP contribution in [0.4, 0.5) is 11.8 Å². The molecule has 1 heterocycles. The van der Waals surface area contributed by atoms with Crippen molar-refractivity contribution in [2.45, 2.75) is 45.1 Å². The molecule has 0 aliphatic carbocycles. The molecule has 3 aromatic rings. The van der Waals surface area contributed by atoms with Crippen molar-refractivity contribution in [1.29, 1.82) is 0 Å². The molecule has 32 heavy (non-hydrogen) atoms. The van der Waals surface area contributed by atoms with Crippen LogP contribution in [0, 0.1) is 0 Å². The number of nitrogens with one attached hydrogen (secondary N) is 2. The first-order valence-electron chi connectivity index (χ1n) is 11.1. The highest BCUT2D eigenvalue weighted by molar-refractivity contribution is 5.90. The number of para-hydroxylation sites is 1. The number of carbonyl (C=O) groups is 1. The topological polar surface area (TPSA) is 85.4 Å². The average Bonchev–Trinajstić information content (AvgIpc) is 2.84. The van der Waals surface area contributed by atoms with Crippen molar-refractivity contribution in [1.82, 2.24) is 9.97 Å². The van der Waals surface area contributed by atoms with Gasteiger partial charge in [-0.3, -0.25) is 4.79 Å². The first kappa shape index (κ1) is 23.3. The second kappa shape index (κ2) is 12.5. The van der Waals surface area contributed by atoms with Gasteiger partial charge in [-0.2, -0.15) is 4.98 Å². The number of carbonyl (C=O) groups excluding carboxylic acids is 1. The molecule has 0 atom stereocenters. The van der Waals surface area contributed by atoms with Crippen LogP contribution in [0.3, 0.4) is 0 Å². The Kier molecular flexibility index (Phi) is 9.10. The number of aromatic nitrogens is 2. The van der Waals surface area contributed by atoms with Gasteiger partial charge in [-0.1, -0.05) is 43.5 Å². The summed E-state index contributed by atoms with van der Waals surface area (Å²) in [5, 5.41) is 7.80. The second-order valence-corrected chi connectivity index (χ2v) is 7.64. The molecule has 0 saturated carbocycles. The van der Waals surface area contributed by atoms with Crippen LogP contribution in [0.2, 0.25) is 0 Å². The van der Waals surface area contributed by atoms with E-state index in [-0.39, 0.29) is 5.97 Å². The van der Waals surface area contributed by atoms with Gasteiger partial charge in [0.1, 0.15) is 11.6 Å². The number of ether oxygens (including phenoxy) is 2. The summed E-state index contributed by atoms with van der Waals surface area (Å²) in [5.74, 6) is 2.16. The number of anilines is 2. The third kappa shape index (κ3) is 7.11. The molecule has 170 valence electrons. The van der Waals surface area contributed by atoms with E-state index >= 15 is 0 Å². The minimum atomic E-state index is -0.128. The highest BCUT2D eigenvalue weighted by Gasteiger charge is 2.07. The van der Waals surface area contributed by atoms with Gasteiger partial charge in [0.2, 0.25) is 5.95 Å². The van der Waals surface area contributed by atoms with Crippen LogP contribution in [0.15, 0.2) is 48.5 Å². The van der Waals surface area contributed by atoms with Gasteiger partial charge in [-0.25, -0.2) is 4.98 Å². The minimum Gasteiger partial charge on any atom is -0.497 e. The lowest BCUT2D eigenvalue weighted by Crippen LogP contribution is -2.09. The summed E-state index contributed by atoms with van der Waals surface area (Å²) in [7, 11) is 3.10. The van der Waals surface area contributed by atoms with Crippen molar-refractivity contribution in [3.8, 4) is 5.75 Å². The van der Waals surface area contributed by atoms with Crippen LogP contribution in [-0.2, 0) is 16.1 Å². The van der Waals surface area contributed by atoms with Gasteiger partial charge in [0, 0.05) is 24.9 Å². The summed E-state index contributed by atoms with van der Waals surface area (Å²) in [6, 6.07) is 16.0. The van der Waals surface area contributed by atoms with E-state index in [0.717, 1.165) is 66.7 Å². The normalized spacial score (nSPS) is 10.7. The number of esters is 1. The van der Waals surface area contributed by atoms with Crippen molar-refractivity contribution in [3.05, 3.63) is 54.1 Å². The molecule has 7 heteroatoms. The number of hydrogen-bond donors (Lipinski definition) is 2. The summed E-state index contributed by atoms with van der Waals surface area (Å²) in [6.45, 7) is 1.48. The van der Waals surface area contributed by atoms with E-state index in [1.807, 2.05) is 48.5 Å². The largest absolute Gasteiger partial charge is 0.497 e. The van der Waals surface area contributed by atoms with E-state index < -0.39 is 0 Å². The molecule has 0 aliphatic rings. The molecule has 0 aliphatic heterocycles. The van der Waals surface area contributed by atoms with Crippen molar-refractivity contribution in [2.75, 3.05) is 31.4 Å². The van der Waals surface area contributed by atoms with Gasteiger partial charge in [0.25, 0.3) is 0 Å². The Bertz CT molecular complexity index is 992. The van der Waals surface area contributed by atoms with E-state index in [1.165, 1.54) is 7.11 Å². The number of fused-ring (bicyclic) bond motifs is 1. The highest BCUT2D eigenvalue weighted by atomic mass is 16.5. The first-order chi connectivity index (χ1) is 15.7. The molecular weight excluding hydrogens is 404 g/mol. The maximum atomic E-state index is 11.1. The molecule has 2 aromatic carbocycles. The molecule has 0 saturated heterocycles. The average molecular weight is 437 g/mol. The van der Waals surface area contributed by atoms with E-state index in [4.69, 9.17) is 9.72 Å². The summed E-state index contributed by atoms with van der Waals surface area (Å²) >= 11 is 0. The molecule has 3 rings (SSSR count). The van der Waals surface area contributed by atoms with Gasteiger partial charge in [0.05, 0.1) is 19.7 Å². The van der Waals surface area contributed by atoms with Crippen molar-refractivity contribution >= 4 is 28.6 Å². The van der Waals surface area contributed by atoms with Gasteiger partial charge in [-0.15, -0.1) is 0 Å². The maximum Gasteiger partial charge on any atom is 0.305 e. The van der Waals surface area contributed by atoms with Gasteiger partial charge < -0.3 is 20.1 Å². The Hall–Kier alpha value is -3.35. The predicted molar refractivity (Wildman–Crippen MR) is 128 cm³/mol. The SMILES string of the molecule is COC(=O)CCCCCCCNc1nc(NCc2ccc(OC)cc2)c2ccccc2n1. The van der Waals surface area contributed by atoms with Crippen LogP contribution < -0.4 is 15.4 Å². The number of unbranched alkanes of at least 4 members (excludes halogenated alkanes) is 4. The fourth-order valence-electron chi connectivity index (χ4n) is 3.45. The van der Waals surface area contributed by atoms with Gasteiger partial charge >= 0.3 is 5.97 Å². The Morgan fingerprint density at radius 1 is 0.875 bits per heavy atom. The smallest absolute Gasteiger partial charge is 0.305 e. The number of hydrogen-bond acceptors (Lipinski definition) is 7. The Morgan fingerprint density at radius 2 is 1.62 bits per heavy atom. The standard InChI is InChI=1S/C25H32N4O3/c1-31-20-15-13-19(14-16-20)18-27-24-21-10-7-8-11-22(21)28-25(29-24)26-17-9-5-3-4-6-12-23(30)32-2/h7-8,10-11,13-16H,3-6,9,12,17-18H2,1-2H3,(H2,26,27,28,29). The number of benzene rings is 2. The Morgan fingerprint density at radius 3 is 2.41 bits per heavy atom. The third-order valence-corrected chi connectivity index (χ3v) is 5.29. The summed E-state index contributed by atoms with van der Waals surface area (Å²) in [6.07, 6.45) is 5.67. The minimum absolute atomic E-state index is 0.128. The maximum absolute atomic E-state index is 11.1. The van der Waals surface area contributed by atoms with Crippen molar-refractivity contribution < 1.29 is 14.3 Å². The highest BCUT2D eigenvalue weighted by Crippen LogP contribution is 2.23. The summed E-state index contributed by atoms with van der Waals surface area (Å²) in [4.78, 5) is 20.5. The number of nitrogens with zero attached hydrogens (tertiary/aromatic N) is 2. The molecular formula is C25H32N4O3. The molecule has 0 unspecified atom stereocenters. The summed E-state index contributed by atoms with van der Waals surface area (Å²) < 4.78 is 9.89. The number of rotatable bonds is 13. The van der Waals surface area contributed by atoms with E-state index in [9.17, 15) is 4.79 Å². The van der Waals surface area contributed by atoms with Gasteiger partial charge in [0.15, 0.2) is 0 Å². The third-order valence-electron chi connectivity index (χ3n) is 5.29. The Balaban J connectivity index is 1.52. The first-order valence-corrected chi connectivity index (χ1v) is 11.1. The zero-order chi connectivity index (χ0) is 22.6. The lowest BCUT2D eigenvalue weighted by molar-refractivity contribution is -0.140. The molecule has 0 spiro atoms. The fourth-order valence-corrected chi connectivity index (χ4v) is 3.45. The van der Waals surface area contributed by atoms with Crippen molar-refractivity contribution in [3.63, 3.8) is 0 Å². The molecule has 0 amide bonds. The Labute approximate surface area is 189 Å².